The van der Waals surface area contributed by atoms with Crippen LogP contribution in [0.2, 0.25) is 10.0 Å². The Morgan fingerprint density at radius 3 is 2.88 bits per heavy atom. The Kier molecular flexibility index (Phi) is 5.17. The lowest BCUT2D eigenvalue weighted by Gasteiger charge is -2.27. The van der Waals surface area contributed by atoms with E-state index in [1.165, 1.54) is 0 Å². The topological polar surface area (TPSA) is 47.6 Å². The molecule has 4 nitrogen and oxygen atoms in total. The highest BCUT2D eigenvalue weighted by atomic mass is 35.5. The van der Waals surface area contributed by atoms with Crippen LogP contribution in [0.4, 0.5) is 0 Å². The molecular formula is C18H17Cl2NO3. The minimum absolute atomic E-state index is 0.0887. The van der Waals surface area contributed by atoms with Gasteiger partial charge in [0.2, 0.25) is 0 Å². The van der Waals surface area contributed by atoms with Crippen molar-refractivity contribution < 1.29 is 14.3 Å². The number of carbonyl (C=O) groups is 1. The van der Waals surface area contributed by atoms with Gasteiger partial charge in [0.15, 0.2) is 6.10 Å². The number of carbonyl (C=O) groups excluding carboxylic acids is 1. The fourth-order valence-corrected chi connectivity index (χ4v) is 3.05. The Labute approximate surface area is 150 Å². The molecule has 0 saturated carbocycles. The van der Waals surface area contributed by atoms with E-state index in [1.807, 2.05) is 24.3 Å². The largest absolute Gasteiger partial charge is 0.493 e. The molecule has 2 atom stereocenters. The van der Waals surface area contributed by atoms with Crippen LogP contribution in [0.5, 0.6) is 11.5 Å². The highest BCUT2D eigenvalue weighted by Crippen LogP contribution is 2.32. The normalized spacial score (nSPS) is 17.4. The third-order valence-electron chi connectivity index (χ3n) is 3.84. The number of benzene rings is 2. The molecule has 3 rings (SSSR count). The Morgan fingerprint density at radius 2 is 2.08 bits per heavy atom. The van der Waals surface area contributed by atoms with Crippen LogP contribution in [0.15, 0.2) is 42.5 Å². The Balaban J connectivity index is 1.67. The van der Waals surface area contributed by atoms with Gasteiger partial charge in [-0.15, -0.1) is 0 Å². The minimum atomic E-state index is -0.682. The highest BCUT2D eigenvalue weighted by Gasteiger charge is 2.25. The van der Waals surface area contributed by atoms with Gasteiger partial charge in [-0.05, 0) is 31.2 Å². The van der Waals surface area contributed by atoms with E-state index in [2.05, 4.69) is 5.32 Å². The molecule has 126 valence electrons. The molecule has 2 unspecified atom stereocenters. The predicted molar refractivity (Wildman–Crippen MR) is 94.0 cm³/mol. The first kappa shape index (κ1) is 16.9. The van der Waals surface area contributed by atoms with E-state index in [1.54, 1.807) is 25.1 Å². The Hall–Kier alpha value is -1.91. The molecule has 6 heteroatoms. The first-order chi connectivity index (χ1) is 11.5. The van der Waals surface area contributed by atoms with Gasteiger partial charge >= 0.3 is 0 Å². The van der Waals surface area contributed by atoms with Crippen molar-refractivity contribution >= 4 is 29.1 Å². The zero-order valence-corrected chi connectivity index (χ0v) is 14.6. The second kappa shape index (κ2) is 7.32. The van der Waals surface area contributed by atoms with Gasteiger partial charge in [-0.1, -0.05) is 41.4 Å². The number of fused-ring (bicyclic) bond motifs is 1. The average molecular weight is 366 g/mol. The predicted octanol–water partition coefficient (Wildman–Crippen LogP) is 4.40. The van der Waals surface area contributed by atoms with Crippen molar-refractivity contribution in [2.75, 3.05) is 6.61 Å². The van der Waals surface area contributed by atoms with Crippen LogP contribution in [-0.4, -0.2) is 18.6 Å². The summed E-state index contributed by atoms with van der Waals surface area (Å²) >= 11 is 11.9. The molecule has 1 N–H and O–H groups in total. The van der Waals surface area contributed by atoms with E-state index >= 15 is 0 Å². The second-order valence-corrected chi connectivity index (χ2v) is 6.41. The molecule has 1 heterocycles. The minimum Gasteiger partial charge on any atom is -0.493 e. The van der Waals surface area contributed by atoms with Crippen molar-refractivity contribution in [2.45, 2.75) is 25.5 Å². The van der Waals surface area contributed by atoms with Gasteiger partial charge in [-0.3, -0.25) is 4.79 Å². The SMILES string of the molecule is CC(Oc1ccc(Cl)cc1Cl)C(=O)NC1CCOc2ccccc21. The van der Waals surface area contributed by atoms with Crippen molar-refractivity contribution in [1.82, 2.24) is 5.32 Å². The van der Waals surface area contributed by atoms with E-state index < -0.39 is 6.10 Å². The zero-order chi connectivity index (χ0) is 17.1. The smallest absolute Gasteiger partial charge is 0.261 e. The zero-order valence-electron chi connectivity index (χ0n) is 13.1. The Bertz CT molecular complexity index is 751. The van der Waals surface area contributed by atoms with E-state index in [4.69, 9.17) is 32.7 Å². The van der Waals surface area contributed by atoms with Gasteiger partial charge in [-0.2, -0.15) is 0 Å². The van der Waals surface area contributed by atoms with Crippen LogP contribution in [0.25, 0.3) is 0 Å². The van der Waals surface area contributed by atoms with Gasteiger partial charge in [0, 0.05) is 17.0 Å². The molecule has 2 aromatic rings. The van der Waals surface area contributed by atoms with Gasteiger partial charge in [-0.25, -0.2) is 0 Å². The van der Waals surface area contributed by atoms with Crippen molar-refractivity contribution in [1.29, 1.82) is 0 Å². The number of amides is 1. The monoisotopic (exact) mass is 365 g/mol. The maximum absolute atomic E-state index is 12.5. The van der Waals surface area contributed by atoms with Crippen molar-refractivity contribution in [3.63, 3.8) is 0 Å². The number of hydrogen-bond acceptors (Lipinski definition) is 3. The van der Waals surface area contributed by atoms with Crippen LogP contribution in [0, 0.1) is 0 Å². The summed E-state index contributed by atoms with van der Waals surface area (Å²) in [7, 11) is 0. The van der Waals surface area contributed by atoms with E-state index in [-0.39, 0.29) is 11.9 Å². The summed E-state index contributed by atoms with van der Waals surface area (Å²) < 4.78 is 11.3. The highest BCUT2D eigenvalue weighted by molar-refractivity contribution is 6.35. The van der Waals surface area contributed by atoms with E-state index in [0.717, 1.165) is 17.7 Å². The van der Waals surface area contributed by atoms with E-state index in [9.17, 15) is 4.79 Å². The molecule has 0 saturated heterocycles. The van der Waals surface area contributed by atoms with Gasteiger partial charge in [0.05, 0.1) is 17.7 Å². The summed E-state index contributed by atoms with van der Waals surface area (Å²) in [6.45, 7) is 2.26. The summed E-state index contributed by atoms with van der Waals surface area (Å²) in [5, 5.41) is 3.90. The summed E-state index contributed by atoms with van der Waals surface area (Å²) in [4.78, 5) is 12.5. The number of para-hydroxylation sites is 1. The third-order valence-corrected chi connectivity index (χ3v) is 4.37. The number of nitrogens with one attached hydrogen (secondary N) is 1. The molecule has 0 spiro atoms. The third kappa shape index (κ3) is 3.77. The second-order valence-electron chi connectivity index (χ2n) is 5.57. The maximum Gasteiger partial charge on any atom is 0.261 e. The number of halogens is 2. The molecule has 0 bridgehead atoms. The molecule has 0 radical (unpaired) electrons. The molecule has 24 heavy (non-hydrogen) atoms. The summed E-state index contributed by atoms with van der Waals surface area (Å²) in [6.07, 6.45) is 0.0376. The van der Waals surface area contributed by atoms with Crippen molar-refractivity contribution in [3.8, 4) is 11.5 Å². The lowest BCUT2D eigenvalue weighted by atomic mass is 10.0. The molecule has 2 aromatic carbocycles. The van der Waals surface area contributed by atoms with Gasteiger partial charge < -0.3 is 14.8 Å². The summed E-state index contributed by atoms with van der Waals surface area (Å²) in [5.41, 5.74) is 0.980. The van der Waals surface area contributed by atoms with Crippen LogP contribution in [-0.2, 0) is 4.79 Å². The molecular weight excluding hydrogens is 349 g/mol. The summed E-state index contributed by atoms with van der Waals surface area (Å²) in [6, 6.07) is 12.5. The number of hydrogen-bond donors (Lipinski definition) is 1. The van der Waals surface area contributed by atoms with Gasteiger partial charge in [0.25, 0.3) is 5.91 Å². The molecule has 1 amide bonds. The van der Waals surface area contributed by atoms with Crippen LogP contribution in [0.3, 0.4) is 0 Å². The van der Waals surface area contributed by atoms with Crippen LogP contribution < -0.4 is 14.8 Å². The Morgan fingerprint density at radius 1 is 1.29 bits per heavy atom. The van der Waals surface area contributed by atoms with Crippen LogP contribution >= 0.6 is 23.2 Å². The maximum atomic E-state index is 12.5. The lowest BCUT2D eigenvalue weighted by molar-refractivity contribution is -0.128. The fourth-order valence-electron chi connectivity index (χ4n) is 2.60. The first-order valence-corrected chi connectivity index (χ1v) is 8.44. The standard InChI is InChI=1S/C18H17Cl2NO3/c1-11(24-17-7-6-12(19)10-14(17)20)18(22)21-15-8-9-23-16-5-3-2-4-13(15)16/h2-7,10-11,15H,8-9H2,1H3,(H,21,22). The van der Waals surface area contributed by atoms with Gasteiger partial charge in [0.1, 0.15) is 11.5 Å². The molecule has 0 fully saturated rings. The number of ether oxygens (including phenoxy) is 2. The fraction of sp³-hybridized carbons (Fsp3) is 0.278. The molecule has 0 aromatic heterocycles. The van der Waals surface area contributed by atoms with Crippen molar-refractivity contribution in [3.05, 3.63) is 58.1 Å². The van der Waals surface area contributed by atoms with Crippen LogP contribution in [0.1, 0.15) is 24.9 Å². The molecule has 1 aliphatic rings. The van der Waals surface area contributed by atoms with Crippen molar-refractivity contribution in [2.24, 2.45) is 0 Å². The first-order valence-electron chi connectivity index (χ1n) is 7.68. The lowest BCUT2D eigenvalue weighted by Crippen LogP contribution is -2.40. The summed E-state index contributed by atoms with van der Waals surface area (Å²) in [5.74, 6) is 1.03. The van der Waals surface area contributed by atoms with E-state index in [0.29, 0.717) is 22.4 Å². The average Bonchev–Trinajstić information content (AvgIpc) is 2.57. The quantitative estimate of drug-likeness (QED) is 0.873. The number of rotatable bonds is 4. The molecule has 0 aliphatic carbocycles. The molecule has 1 aliphatic heterocycles.